The molecule has 0 atom stereocenters. The highest BCUT2D eigenvalue weighted by Crippen LogP contribution is 2.18. The van der Waals surface area contributed by atoms with Crippen LogP contribution in [0.5, 0.6) is 11.6 Å². The molecule has 19 heavy (non-hydrogen) atoms. The number of pyridine rings is 1. The molecule has 1 N–H and O–H groups in total. The van der Waals surface area contributed by atoms with E-state index in [2.05, 4.69) is 10.1 Å². The summed E-state index contributed by atoms with van der Waals surface area (Å²) in [7, 11) is 0. The summed E-state index contributed by atoms with van der Waals surface area (Å²) in [6, 6.07) is 13.2. The summed E-state index contributed by atoms with van der Waals surface area (Å²) in [5, 5.41) is 12.0. The van der Waals surface area contributed by atoms with Gasteiger partial charge in [-0.3, -0.25) is 0 Å². The fourth-order valence-corrected chi connectivity index (χ4v) is 1.65. The zero-order valence-corrected chi connectivity index (χ0v) is 10.8. The second kappa shape index (κ2) is 6.54. The normalized spacial score (nSPS) is 11.3. The Morgan fingerprint density at radius 1 is 1.21 bits per heavy atom. The van der Waals surface area contributed by atoms with Crippen LogP contribution in [0.25, 0.3) is 0 Å². The first-order chi connectivity index (χ1) is 9.31. The predicted octanol–water partition coefficient (Wildman–Crippen LogP) is 3.66. The van der Waals surface area contributed by atoms with E-state index >= 15 is 0 Å². The maximum Gasteiger partial charge on any atom is 0.219 e. The first kappa shape index (κ1) is 13.1. The van der Waals surface area contributed by atoms with E-state index in [0.29, 0.717) is 12.3 Å². The Balaban J connectivity index is 2.02. The average Bonchev–Trinajstić information content (AvgIpc) is 2.47. The molecule has 0 amide bonds. The fraction of sp³-hybridized carbons (Fsp3) is 0.200. The van der Waals surface area contributed by atoms with Gasteiger partial charge in [-0.15, -0.1) is 0 Å². The molecule has 1 aromatic heterocycles. The maximum absolute atomic E-state index is 8.78. The lowest BCUT2D eigenvalue weighted by Gasteiger charge is -2.05. The first-order valence-electron chi connectivity index (χ1n) is 6.19. The second-order valence-corrected chi connectivity index (χ2v) is 4.12. The van der Waals surface area contributed by atoms with Gasteiger partial charge in [-0.2, -0.15) is 0 Å². The van der Waals surface area contributed by atoms with Crippen molar-refractivity contribution in [2.45, 2.75) is 19.8 Å². The van der Waals surface area contributed by atoms with Gasteiger partial charge < -0.3 is 9.94 Å². The third-order valence-electron chi connectivity index (χ3n) is 2.72. The topological polar surface area (TPSA) is 54.7 Å². The Kier molecular flexibility index (Phi) is 4.50. The Hall–Kier alpha value is -2.36. The van der Waals surface area contributed by atoms with Crippen molar-refractivity contribution in [3.05, 3.63) is 54.2 Å². The number of para-hydroxylation sites is 1. The minimum absolute atomic E-state index is 0.550. The number of oxime groups is 1. The van der Waals surface area contributed by atoms with Gasteiger partial charge in [0, 0.05) is 18.7 Å². The highest BCUT2D eigenvalue weighted by atomic mass is 16.5. The number of rotatable bonds is 5. The molecule has 4 nitrogen and oxygen atoms in total. The zero-order valence-electron chi connectivity index (χ0n) is 10.8. The van der Waals surface area contributed by atoms with Gasteiger partial charge in [-0.05, 0) is 24.1 Å². The molecule has 2 aromatic rings. The van der Waals surface area contributed by atoms with Gasteiger partial charge in [0.1, 0.15) is 5.75 Å². The van der Waals surface area contributed by atoms with Crippen molar-refractivity contribution < 1.29 is 9.94 Å². The van der Waals surface area contributed by atoms with E-state index in [1.54, 1.807) is 6.20 Å². The molecule has 98 valence electrons. The summed E-state index contributed by atoms with van der Waals surface area (Å²) in [5.41, 5.74) is 1.73. The van der Waals surface area contributed by atoms with Crippen LogP contribution in [-0.4, -0.2) is 15.9 Å². The summed E-state index contributed by atoms with van der Waals surface area (Å²) >= 11 is 0. The van der Waals surface area contributed by atoms with Crippen LogP contribution in [0.15, 0.2) is 53.8 Å². The number of benzene rings is 1. The molecule has 0 saturated carbocycles. The summed E-state index contributed by atoms with van der Waals surface area (Å²) < 4.78 is 5.60. The molecule has 1 aromatic carbocycles. The van der Waals surface area contributed by atoms with Crippen LogP contribution in [0.4, 0.5) is 0 Å². The smallest absolute Gasteiger partial charge is 0.219 e. The van der Waals surface area contributed by atoms with Crippen LogP contribution >= 0.6 is 0 Å². The highest BCUT2D eigenvalue weighted by molar-refractivity contribution is 5.85. The van der Waals surface area contributed by atoms with E-state index in [4.69, 9.17) is 9.94 Å². The molecule has 0 fully saturated rings. The minimum Gasteiger partial charge on any atom is -0.439 e. The van der Waals surface area contributed by atoms with Crippen molar-refractivity contribution in [2.24, 2.45) is 5.16 Å². The van der Waals surface area contributed by atoms with Gasteiger partial charge in [0.25, 0.3) is 0 Å². The fourth-order valence-electron chi connectivity index (χ4n) is 1.65. The number of aromatic nitrogens is 1. The summed E-state index contributed by atoms with van der Waals surface area (Å²) in [4.78, 5) is 4.24. The molecule has 0 aliphatic rings. The maximum atomic E-state index is 8.78. The van der Waals surface area contributed by atoms with Crippen molar-refractivity contribution in [3.63, 3.8) is 0 Å². The quantitative estimate of drug-likeness (QED) is 0.504. The molecule has 0 aliphatic heterocycles. The Labute approximate surface area is 112 Å². The predicted molar refractivity (Wildman–Crippen MR) is 74.0 cm³/mol. The van der Waals surface area contributed by atoms with Crippen LogP contribution in [0.2, 0.25) is 0 Å². The van der Waals surface area contributed by atoms with Crippen LogP contribution in [0.3, 0.4) is 0 Å². The van der Waals surface area contributed by atoms with E-state index in [9.17, 15) is 0 Å². The number of ether oxygens (including phenoxy) is 1. The van der Waals surface area contributed by atoms with E-state index in [1.807, 2.05) is 49.4 Å². The standard InChI is InChI=1S/C15H16N2O2/c1-2-13(17-18)10-12-8-9-15(16-11-12)19-14-6-4-3-5-7-14/h3-9,11,18H,2,10H2,1H3/b17-13+. The Morgan fingerprint density at radius 3 is 2.58 bits per heavy atom. The summed E-state index contributed by atoms with van der Waals surface area (Å²) in [6.07, 6.45) is 3.06. The van der Waals surface area contributed by atoms with Gasteiger partial charge in [0.15, 0.2) is 0 Å². The number of nitrogens with zero attached hydrogens (tertiary/aromatic N) is 2. The minimum atomic E-state index is 0.550. The molecule has 0 saturated heterocycles. The van der Waals surface area contributed by atoms with E-state index in [1.165, 1.54) is 0 Å². The SMILES string of the molecule is CC/C(Cc1ccc(Oc2ccccc2)nc1)=N\O. The van der Waals surface area contributed by atoms with Crippen molar-refractivity contribution in [3.8, 4) is 11.6 Å². The van der Waals surface area contributed by atoms with Gasteiger partial charge in [-0.25, -0.2) is 4.98 Å². The van der Waals surface area contributed by atoms with Gasteiger partial charge >= 0.3 is 0 Å². The molecular weight excluding hydrogens is 240 g/mol. The monoisotopic (exact) mass is 256 g/mol. The molecule has 2 rings (SSSR count). The summed E-state index contributed by atoms with van der Waals surface area (Å²) in [6.45, 7) is 1.95. The van der Waals surface area contributed by atoms with Gasteiger partial charge in [0.2, 0.25) is 5.88 Å². The number of hydrogen-bond donors (Lipinski definition) is 1. The molecule has 1 heterocycles. The van der Waals surface area contributed by atoms with Crippen LogP contribution in [0.1, 0.15) is 18.9 Å². The van der Waals surface area contributed by atoms with Gasteiger partial charge in [-0.1, -0.05) is 36.3 Å². The van der Waals surface area contributed by atoms with E-state index in [0.717, 1.165) is 23.4 Å². The van der Waals surface area contributed by atoms with Crippen LogP contribution in [-0.2, 0) is 6.42 Å². The van der Waals surface area contributed by atoms with Crippen molar-refractivity contribution in [1.29, 1.82) is 0 Å². The lowest BCUT2D eigenvalue weighted by Crippen LogP contribution is -2.02. The third kappa shape index (κ3) is 3.81. The van der Waals surface area contributed by atoms with Gasteiger partial charge in [0.05, 0.1) is 5.71 Å². The van der Waals surface area contributed by atoms with Crippen molar-refractivity contribution >= 4 is 5.71 Å². The molecule has 0 unspecified atom stereocenters. The third-order valence-corrected chi connectivity index (χ3v) is 2.72. The second-order valence-electron chi connectivity index (χ2n) is 4.12. The zero-order chi connectivity index (χ0) is 13.5. The molecule has 0 radical (unpaired) electrons. The van der Waals surface area contributed by atoms with Crippen molar-refractivity contribution in [2.75, 3.05) is 0 Å². The molecule has 0 spiro atoms. The first-order valence-corrected chi connectivity index (χ1v) is 6.19. The number of hydrogen-bond acceptors (Lipinski definition) is 4. The van der Waals surface area contributed by atoms with E-state index < -0.39 is 0 Å². The molecule has 0 bridgehead atoms. The molecular formula is C15H16N2O2. The molecule has 0 aliphatic carbocycles. The highest BCUT2D eigenvalue weighted by Gasteiger charge is 2.02. The Morgan fingerprint density at radius 2 is 2.00 bits per heavy atom. The largest absolute Gasteiger partial charge is 0.439 e. The van der Waals surface area contributed by atoms with Crippen LogP contribution < -0.4 is 4.74 Å². The lowest BCUT2D eigenvalue weighted by atomic mass is 10.1. The van der Waals surface area contributed by atoms with Crippen LogP contribution in [0, 0.1) is 0 Å². The average molecular weight is 256 g/mol. The lowest BCUT2D eigenvalue weighted by molar-refractivity contribution is 0.317. The van der Waals surface area contributed by atoms with Crippen molar-refractivity contribution in [1.82, 2.24) is 4.98 Å². The Bertz CT molecular complexity index is 536. The molecule has 4 heteroatoms. The summed E-state index contributed by atoms with van der Waals surface area (Å²) in [5.74, 6) is 1.31. The van der Waals surface area contributed by atoms with E-state index in [-0.39, 0.29) is 0 Å².